The highest BCUT2D eigenvalue weighted by molar-refractivity contribution is 7.11. The molecule has 0 atom stereocenters. The molecule has 0 fully saturated rings. The zero-order valence-electron chi connectivity index (χ0n) is 12.1. The third-order valence-corrected chi connectivity index (χ3v) is 4.23. The summed E-state index contributed by atoms with van der Waals surface area (Å²) in [5.41, 5.74) is 7.66. The highest BCUT2D eigenvalue weighted by atomic mass is 35.5. The van der Waals surface area contributed by atoms with Crippen LogP contribution >= 0.6 is 22.9 Å². The Labute approximate surface area is 132 Å². The fourth-order valence-corrected chi connectivity index (χ4v) is 2.81. The highest BCUT2D eigenvalue weighted by Crippen LogP contribution is 2.27. The van der Waals surface area contributed by atoms with Gasteiger partial charge in [-0.15, -0.1) is 11.3 Å². The van der Waals surface area contributed by atoms with Crippen molar-refractivity contribution in [2.45, 2.75) is 20.4 Å². The van der Waals surface area contributed by atoms with Gasteiger partial charge in [0.05, 0.1) is 24.4 Å². The minimum Gasteiger partial charge on any atom is -0.495 e. The first-order valence-corrected chi connectivity index (χ1v) is 7.52. The van der Waals surface area contributed by atoms with E-state index in [1.54, 1.807) is 30.6 Å². The number of guanidine groups is 1. The Morgan fingerprint density at radius 3 is 2.81 bits per heavy atom. The first-order valence-electron chi connectivity index (χ1n) is 6.33. The lowest BCUT2D eigenvalue weighted by molar-refractivity contribution is 0.415. The SMILES string of the molecule is COc1ccc(NC(N)=NCc2nc(C)c(C)s2)cc1Cl. The molecule has 7 heteroatoms. The number of nitrogens with one attached hydrogen (secondary N) is 1. The summed E-state index contributed by atoms with van der Waals surface area (Å²) in [7, 11) is 1.57. The van der Waals surface area contributed by atoms with Crippen LogP contribution in [0.25, 0.3) is 0 Å². The van der Waals surface area contributed by atoms with E-state index in [1.807, 2.05) is 19.9 Å². The van der Waals surface area contributed by atoms with Crippen LogP contribution in [0.3, 0.4) is 0 Å². The zero-order valence-corrected chi connectivity index (χ0v) is 13.7. The van der Waals surface area contributed by atoms with Crippen LogP contribution in [0.4, 0.5) is 5.69 Å². The summed E-state index contributed by atoms with van der Waals surface area (Å²) >= 11 is 7.68. The predicted octanol–water partition coefficient (Wildman–Crippen LogP) is 3.35. The summed E-state index contributed by atoms with van der Waals surface area (Å²) in [6, 6.07) is 5.33. The van der Waals surface area contributed by atoms with Crippen molar-refractivity contribution in [1.29, 1.82) is 0 Å². The van der Waals surface area contributed by atoms with Gasteiger partial charge in [-0.3, -0.25) is 0 Å². The van der Waals surface area contributed by atoms with Gasteiger partial charge in [-0.05, 0) is 32.0 Å². The fraction of sp³-hybridized carbons (Fsp3) is 0.286. The number of benzene rings is 1. The number of nitrogens with two attached hydrogens (primary N) is 1. The van der Waals surface area contributed by atoms with E-state index in [-0.39, 0.29) is 0 Å². The molecule has 0 amide bonds. The van der Waals surface area contributed by atoms with Crippen molar-refractivity contribution < 1.29 is 4.74 Å². The fourth-order valence-electron chi connectivity index (χ4n) is 1.69. The van der Waals surface area contributed by atoms with Crippen LogP contribution in [0, 0.1) is 13.8 Å². The average molecular weight is 325 g/mol. The van der Waals surface area contributed by atoms with Crippen LogP contribution in [0.15, 0.2) is 23.2 Å². The van der Waals surface area contributed by atoms with E-state index in [2.05, 4.69) is 15.3 Å². The lowest BCUT2D eigenvalue weighted by atomic mass is 10.3. The van der Waals surface area contributed by atoms with Crippen LogP contribution in [0.2, 0.25) is 5.02 Å². The van der Waals surface area contributed by atoms with Gasteiger partial charge in [0.25, 0.3) is 0 Å². The third-order valence-electron chi connectivity index (χ3n) is 2.88. The molecule has 0 radical (unpaired) electrons. The first-order chi connectivity index (χ1) is 9.99. The molecule has 112 valence electrons. The van der Waals surface area contributed by atoms with Crippen molar-refractivity contribution in [3.05, 3.63) is 38.8 Å². The smallest absolute Gasteiger partial charge is 0.193 e. The van der Waals surface area contributed by atoms with E-state index in [0.29, 0.717) is 23.3 Å². The molecule has 1 heterocycles. The maximum atomic E-state index is 6.05. The zero-order chi connectivity index (χ0) is 15.4. The quantitative estimate of drug-likeness (QED) is 0.668. The molecular formula is C14H17ClN4OS. The topological polar surface area (TPSA) is 72.5 Å². The Kier molecular flexibility index (Phi) is 5.03. The number of rotatable bonds is 4. The summed E-state index contributed by atoms with van der Waals surface area (Å²) in [4.78, 5) is 9.89. The molecular weight excluding hydrogens is 308 g/mol. The number of hydrogen-bond acceptors (Lipinski definition) is 4. The molecule has 0 bridgehead atoms. The Morgan fingerprint density at radius 2 is 2.24 bits per heavy atom. The van der Waals surface area contributed by atoms with Crippen molar-refractivity contribution >= 4 is 34.6 Å². The van der Waals surface area contributed by atoms with Gasteiger partial charge in [-0.2, -0.15) is 0 Å². The van der Waals surface area contributed by atoms with E-state index in [1.165, 1.54) is 4.88 Å². The van der Waals surface area contributed by atoms with Crippen molar-refractivity contribution in [3.8, 4) is 5.75 Å². The average Bonchev–Trinajstić information content (AvgIpc) is 2.76. The monoisotopic (exact) mass is 324 g/mol. The predicted molar refractivity (Wildman–Crippen MR) is 88.5 cm³/mol. The summed E-state index contributed by atoms with van der Waals surface area (Å²) in [6.45, 7) is 4.49. The maximum Gasteiger partial charge on any atom is 0.193 e. The normalized spacial score (nSPS) is 11.5. The van der Waals surface area contributed by atoms with Gasteiger partial charge < -0.3 is 15.8 Å². The van der Waals surface area contributed by atoms with E-state index in [0.717, 1.165) is 16.4 Å². The number of thiazole rings is 1. The van der Waals surface area contributed by atoms with Gasteiger partial charge in [-0.25, -0.2) is 9.98 Å². The Bertz CT molecular complexity index is 649. The van der Waals surface area contributed by atoms with Gasteiger partial charge in [0.2, 0.25) is 0 Å². The summed E-state index contributed by atoms with van der Waals surface area (Å²) < 4.78 is 5.10. The van der Waals surface area contributed by atoms with Gasteiger partial charge in [0, 0.05) is 10.6 Å². The number of halogens is 1. The molecule has 0 saturated carbocycles. The van der Waals surface area contributed by atoms with Gasteiger partial charge in [0.15, 0.2) is 5.96 Å². The number of aromatic nitrogens is 1. The molecule has 1 aromatic heterocycles. The number of nitrogens with zero attached hydrogens (tertiary/aromatic N) is 2. The minimum atomic E-state index is 0.321. The largest absolute Gasteiger partial charge is 0.495 e. The second kappa shape index (κ2) is 6.78. The highest BCUT2D eigenvalue weighted by Gasteiger charge is 2.04. The molecule has 0 unspecified atom stereocenters. The van der Waals surface area contributed by atoms with Crippen molar-refractivity contribution in [2.75, 3.05) is 12.4 Å². The van der Waals surface area contributed by atoms with Crippen molar-refractivity contribution in [1.82, 2.24) is 4.98 Å². The summed E-state index contributed by atoms with van der Waals surface area (Å²) in [6.07, 6.45) is 0. The van der Waals surface area contributed by atoms with Crippen molar-refractivity contribution in [2.24, 2.45) is 10.7 Å². The molecule has 0 aliphatic rings. The number of aryl methyl sites for hydroxylation is 2. The number of aliphatic imine (C=N–C) groups is 1. The van der Waals surface area contributed by atoms with Crippen LogP contribution in [0.1, 0.15) is 15.6 Å². The van der Waals surface area contributed by atoms with Gasteiger partial charge in [0.1, 0.15) is 10.8 Å². The molecule has 1 aromatic carbocycles. The number of anilines is 1. The molecule has 2 rings (SSSR count). The van der Waals surface area contributed by atoms with Gasteiger partial charge >= 0.3 is 0 Å². The molecule has 5 nitrogen and oxygen atoms in total. The van der Waals surface area contributed by atoms with Crippen LogP contribution < -0.4 is 15.8 Å². The molecule has 2 aromatic rings. The van der Waals surface area contributed by atoms with E-state index < -0.39 is 0 Å². The third kappa shape index (κ3) is 4.09. The summed E-state index contributed by atoms with van der Waals surface area (Å²) in [5.74, 6) is 0.938. The standard InChI is InChI=1S/C14H17ClN4OS/c1-8-9(2)21-13(18-8)7-17-14(16)19-10-4-5-12(20-3)11(15)6-10/h4-6H,7H2,1-3H3,(H3,16,17,19). The molecule has 0 spiro atoms. The summed E-state index contributed by atoms with van der Waals surface area (Å²) in [5, 5.41) is 4.45. The van der Waals surface area contributed by atoms with E-state index in [9.17, 15) is 0 Å². The molecule has 0 saturated heterocycles. The van der Waals surface area contributed by atoms with E-state index in [4.69, 9.17) is 22.1 Å². The van der Waals surface area contributed by atoms with Crippen LogP contribution in [-0.2, 0) is 6.54 Å². The lowest BCUT2D eigenvalue weighted by Crippen LogP contribution is -2.22. The van der Waals surface area contributed by atoms with Crippen LogP contribution in [-0.4, -0.2) is 18.1 Å². The molecule has 21 heavy (non-hydrogen) atoms. The lowest BCUT2D eigenvalue weighted by Gasteiger charge is -2.08. The molecule has 0 aliphatic carbocycles. The Morgan fingerprint density at radius 1 is 1.48 bits per heavy atom. The van der Waals surface area contributed by atoms with Gasteiger partial charge in [-0.1, -0.05) is 11.6 Å². The second-order valence-corrected chi connectivity index (χ2v) is 6.12. The molecule has 0 aliphatic heterocycles. The molecule has 3 N–H and O–H groups in total. The Hall–Kier alpha value is -1.79. The number of hydrogen-bond donors (Lipinski definition) is 2. The Balaban J connectivity index is 2.01. The van der Waals surface area contributed by atoms with E-state index >= 15 is 0 Å². The number of methoxy groups -OCH3 is 1. The number of ether oxygens (including phenoxy) is 1. The second-order valence-electron chi connectivity index (χ2n) is 4.42. The minimum absolute atomic E-state index is 0.321. The maximum absolute atomic E-state index is 6.05. The van der Waals surface area contributed by atoms with Crippen molar-refractivity contribution in [3.63, 3.8) is 0 Å². The van der Waals surface area contributed by atoms with Crippen LogP contribution in [0.5, 0.6) is 5.75 Å². The first kappa shape index (κ1) is 15.6.